The van der Waals surface area contributed by atoms with Crippen molar-refractivity contribution >= 4 is 49.8 Å². The van der Waals surface area contributed by atoms with Crippen molar-refractivity contribution in [2.75, 3.05) is 4.90 Å². The largest absolute Gasteiger partial charge is 0.455 e. The van der Waals surface area contributed by atoms with Gasteiger partial charge >= 0.3 is 0 Å². The number of hydrogen-bond donors (Lipinski definition) is 0. The van der Waals surface area contributed by atoms with Crippen molar-refractivity contribution in [3.63, 3.8) is 0 Å². The summed E-state index contributed by atoms with van der Waals surface area (Å²) in [6.07, 6.45) is 0. The molecule has 0 fully saturated rings. The third kappa shape index (κ3) is 5.44. The number of rotatable bonds is 7. The van der Waals surface area contributed by atoms with Gasteiger partial charge in [-0.2, -0.15) is 0 Å². The van der Waals surface area contributed by atoms with Gasteiger partial charge in [-0.1, -0.05) is 182 Å². The molecule has 0 spiro atoms. The SMILES string of the molecule is c1ccc(-c2ccccc2-c2c(-c3ccccc3)cccc2N(c2ccc(-c3cccc4c3oc3ccccc34)cc2)c2cccc3ccccc23)cc1. The van der Waals surface area contributed by atoms with Crippen LogP contribution in [0.4, 0.5) is 17.1 Å². The summed E-state index contributed by atoms with van der Waals surface area (Å²) in [5.41, 5.74) is 14.3. The van der Waals surface area contributed by atoms with Crippen LogP contribution in [0.15, 0.2) is 217 Å². The van der Waals surface area contributed by atoms with E-state index in [1.807, 2.05) is 12.1 Å². The monoisotopic (exact) mass is 689 g/mol. The number of fused-ring (bicyclic) bond motifs is 4. The third-order valence-electron chi connectivity index (χ3n) is 10.5. The molecule has 0 saturated carbocycles. The van der Waals surface area contributed by atoms with E-state index in [0.29, 0.717) is 0 Å². The van der Waals surface area contributed by atoms with E-state index >= 15 is 0 Å². The molecule has 0 saturated heterocycles. The van der Waals surface area contributed by atoms with Crippen molar-refractivity contribution in [1.82, 2.24) is 0 Å². The number of furan rings is 1. The van der Waals surface area contributed by atoms with Gasteiger partial charge in [-0.05, 0) is 69.1 Å². The van der Waals surface area contributed by atoms with E-state index in [-0.39, 0.29) is 0 Å². The Hall–Kier alpha value is -7.16. The third-order valence-corrected chi connectivity index (χ3v) is 10.5. The van der Waals surface area contributed by atoms with Crippen LogP contribution in [0.3, 0.4) is 0 Å². The second-order valence-corrected chi connectivity index (χ2v) is 13.6. The molecule has 0 unspecified atom stereocenters. The van der Waals surface area contributed by atoms with Gasteiger partial charge in [0.05, 0.1) is 11.4 Å². The molecular formula is C52H35NO. The fraction of sp³-hybridized carbons (Fsp3) is 0. The Balaban J connectivity index is 1.23. The van der Waals surface area contributed by atoms with E-state index in [0.717, 1.165) is 50.1 Å². The maximum absolute atomic E-state index is 6.46. The van der Waals surface area contributed by atoms with Crippen LogP contribution in [0, 0.1) is 0 Å². The number of hydrogen-bond acceptors (Lipinski definition) is 2. The van der Waals surface area contributed by atoms with Crippen molar-refractivity contribution in [2.45, 2.75) is 0 Å². The van der Waals surface area contributed by atoms with Gasteiger partial charge in [0.2, 0.25) is 0 Å². The summed E-state index contributed by atoms with van der Waals surface area (Å²) in [6.45, 7) is 0. The summed E-state index contributed by atoms with van der Waals surface area (Å²) in [4.78, 5) is 2.44. The summed E-state index contributed by atoms with van der Waals surface area (Å²) in [6, 6.07) is 75.9. The Kier molecular flexibility index (Phi) is 7.85. The van der Waals surface area contributed by atoms with Gasteiger partial charge in [-0.15, -0.1) is 0 Å². The molecule has 2 heteroatoms. The first kappa shape index (κ1) is 31.6. The highest BCUT2D eigenvalue weighted by Crippen LogP contribution is 2.49. The Labute approximate surface area is 314 Å². The molecule has 254 valence electrons. The lowest BCUT2D eigenvalue weighted by atomic mass is 9.87. The topological polar surface area (TPSA) is 16.4 Å². The second-order valence-electron chi connectivity index (χ2n) is 13.6. The van der Waals surface area contributed by atoms with Crippen LogP contribution in [0.2, 0.25) is 0 Å². The molecule has 10 aromatic rings. The molecule has 0 bridgehead atoms. The molecule has 0 N–H and O–H groups in total. The zero-order valence-electron chi connectivity index (χ0n) is 29.6. The van der Waals surface area contributed by atoms with Crippen molar-refractivity contribution < 1.29 is 4.42 Å². The maximum Gasteiger partial charge on any atom is 0.143 e. The molecule has 9 aromatic carbocycles. The lowest BCUT2D eigenvalue weighted by Crippen LogP contribution is -2.12. The van der Waals surface area contributed by atoms with Crippen LogP contribution in [0.25, 0.3) is 77.2 Å². The average molecular weight is 690 g/mol. The molecule has 0 amide bonds. The summed E-state index contributed by atoms with van der Waals surface area (Å²) >= 11 is 0. The van der Waals surface area contributed by atoms with Gasteiger partial charge in [0, 0.05) is 33.0 Å². The standard InChI is InChI=1S/C52H35NO/c1-3-16-36(17-4-1)41-22-9-10-25-46(41)51-43(38-18-5-2-6-19-38)26-15-30-49(51)53(48-29-13-21-37-20-7-8-23-42(37)48)40-34-32-39(33-35-40)44-27-14-28-47-45-24-11-12-31-50(45)54-52(44)47/h1-35H. The lowest BCUT2D eigenvalue weighted by molar-refractivity contribution is 0.670. The minimum atomic E-state index is 0.903. The van der Waals surface area contributed by atoms with Crippen LogP contribution < -0.4 is 4.90 Å². The smallest absolute Gasteiger partial charge is 0.143 e. The number of nitrogens with zero attached hydrogens (tertiary/aromatic N) is 1. The van der Waals surface area contributed by atoms with E-state index in [1.165, 1.54) is 44.2 Å². The predicted molar refractivity (Wildman–Crippen MR) is 228 cm³/mol. The molecular weight excluding hydrogens is 655 g/mol. The lowest BCUT2D eigenvalue weighted by Gasteiger charge is -2.31. The first-order chi connectivity index (χ1) is 26.8. The molecule has 0 aliphatic heterocycles. The van der Waals surface area contributed by atoms with E-state index in [2.05, 4.69) is 205 Å². The molecule has 0 atom stereocenters. The fourth-order valence-corrected chi connectivity index (χ4v) is 8.01. The zero-order chi connectivity index (χ0) is 35.8. The predicted octanol–water partition coefficient (Wildman–Crippen LogP) is 14.9. The van der Waals surface area contributed by atoms with Crippen molar-refractivity contribution in [3.05, 3.63) is 212 Å². The van der Waals surface area contributed by atoms with Crippen molar-refractivity contribution in [1.29, 1.82) is 0 Å². The molecule has 1 heterocycles. The van der Waals surface area contributed by atoms with Gasteiger partial charge in [-0.3, -0.25) is 0 Å². The quantitative estimate of drug-likeness (QED) is 0.166. The molecule has 10 rings (SSSR count). The van der Waals surface area contributed by atoms with Gasteiger partial charge in [0.15, 0.2) is 0 Å². The normalized spacial score (nSPS) is 11.3. The highest BCUT2D eigenvalue weighted by atomic mass is 16.3. The minimum absolute atomic E-state index is 0.903. The highest BCUT2D eigenvalue weighted by Gasteiger charge is 2.24. The second kappa shape index (κ2) is 13.4. The first-order valence-corrected chi connectivity index (χ1v) is 18.4. The van der Waals surface area contributed by atoms with Gasteiger partial charge < -0.3 is 9.32 Å². The molecule has 0 radical (unpaired) electrons. The Morgan fingerprint density at radius 2 is 0.833 bits per heavy atom. The van der Waals surface area contributed by atoms with Crippen LogP contribution in [-0.4, -0.2) is 0 Å². The van der Waals surface area contributed by atoms with E-state index in [1.54, 1.807) is 0 Å². The van der Waals surface area contributed by atoms with Crippen LogP contribution in [0.1, 0.15) is 0 Å². The summed E-state index contributed by atoms with van der Waals surface area (Å²) in [7, 11) is 0. The Morgan fingerprint density at radius 1 is 0.315 bits per heavy atom. The molecule has 0 aliphatic carbocycles. The van der Waals surface area contributed by atoms with E-state index in [9.17, 15) is 0 Å². The first-order valence-electron chi connectivity index (χ1n) is 18.4. The van der Waals surface area contributed by atoms with Gasteiger partial charge in [0.1, 0.15) is 11.2 Å². The van der Waals surface area contributed by atoms with E-state index in [4.69, 9.17) is 4.42 Å². The van der Waals surface area contributed by atoms with Crippen LogP contribution in [0.5, 0.6) is 0 Å². The highest BCUT2D eigenvalue weighted by molar-refractivity contribution is 6.10. The Bertz CT molecular complexity index is 2920. The fourth-order valence-electron chi connectivity index (χ4n) is 8.01. The summed E-state index contributed by atoms with van der Waals surface area (Å²) in [5, 5.41) is 4.64. The average Bonchev–Trinajstić information content (AvgIpc) is 3.64. The number of anilines is 3. The maximum atomic E-state index is 6.46. The van der Waals surface area contributed by atoms with E-state index < -0.39 is 0 Å². The summed E-state index contributed by atoms with van der Waals surface area (Å²) < 4.78 is 6.46. The van der Waals surface area contributed by atoms with Crippen molar-refractivity contribution in [2.24, 2.45) is 0 Å². The number of para-hydroxylation sites is 2. The number of benzene rings is 9. The van der Waals surface area contributed by atoms with Crippen LogP contribution in [-0.2, 0) is 0 Å². The molecule has 1 aromatic heterocycles. The zero-order valence-corrected chi connectivity index (χ0v) is 29.6. The molecule has 0 aliphatic rings. The molecule has 2 nitrogen and oxygen atoms in total. The Morgan fingerprint density at radius 3 is 1.63 bits per heavy atom. The summed E-state index contributed by atoms with van der Waals surface area (Å²) in [5.74, 6) is 0. The van der Waals surface area contributed by atoms with Crippen molar-refractivity contribution in [3.8, 4) is 44.5 Å². The van der Waals surface area contributed by atoms with Gasteiger partial charge in [-0.25, -0.2) is 0 Å². The minimum Gasteiger partial charge on any atom is -0.455 e. The molecule has 54 heavy (non-hydrogen) atoms. The van der Waals surface area contributed by atoms with Gasteiger partial charge in [0.25, 0.3) is 0 Å². The van der Waals surface area contributed by atoms with Crippen LogP contribution >= 0.6 is 0 Å².